The number of nitrogen functional groups attached to an aromatic ring is 1. The predicted octanol–water partition coefficient (Wildman–Crippen LogP) is 2.91. The van der Waals surface area contributed by atoms with E-state index in [1.54, 1.807) is 0 Å². The highest BCUT2D eigenvalue weighted by Gasteiger charge is 2.24. The van der Waals surface area contributed by atoms with E-state index in [0.29, 0.717) is 17.5 Å². The molecule has 1 fully saturated rings. The maximum Gasteiger partial charge on any atom is 0.221 e. The zero-order valence-corrected chi connectivity index (χ0v) is 13.2. The summed E-state index contributed by atoms with van der Waals surface area (Å²) in [5.74, 6) is 0.602. The summed E-state index contributed by atoms with van der Waals surface area (Å²) >= 11 is 1.32. The zero-order chi connectivity index (χ0) is 15.4. The molecule has 0 radical (unpaired) electrons. The van der Waals surface area contributed by atoms with E-state index in [1.807, 2.05) is 30.3 Å². The molecule has 1 atom stereocenters. The molecule has 1 aliphatic carbocycles. The molecule has 0 unspecified atom stereocenters. The molecule has 1 saturated carbocycles. The van der Waals surface area contributed by atoms with Crippen molar-refractivity contribution in [3.05, 3.63) is 40.9 Å². The Balaban J connectivity index is 1.75. The lowest BCUT2D eigenvalue weighted by molar-refractivity contribution is -0.122. The van der Waals surface area contributed by atoms with Crippen LogP contribution in [0.5, 0.6) is 0 Å². The van der Waals surface area contributed by atoms with E-state index in [9.17, 15) is 4.79 Å². The summed E-state index contributed by atoms with van der Waals surface area (Å²) < 4.78 is 0. The normalized spacial score (nSPS) is 16.5. The lowest BCUT2D eigenvalue weighted by atomic mass is 10.0. The summed E-state index contributed by atoms with van der Waals surface area (Å²) in [5, 5.41) is 12.2. The topological polar surface area (TPSA) is 80.9 Å². The van der Waals surface area contributed by atoms with Crippen LogP contribution in [0.25, 0.3) is 0 Å². The maximum atomic E-state index is 12.4. The third kappa shape index (κ3) is 3.62. The minimum absolute atomic E-state index is 0.0783. The first-order valence-corrected chi connectivity index (χ1v) is 8.47. The smallest absolute Gasteiger partial charge is 0.221 e. The van der Waals surface area contributed by atoms with Crippen LogP contribution in [-0.4, -0.2) is 16.1 Å². The van der Waals surface area contributed by atoms with Crippen molar-refractivity contribution < 1.29 is 4.79 Å². The Morgan fingerprint density at radius 1 is 1.27 bits per heavy atom. The van der Waals surface area contributed by atoms with Crippen molar-refractivity contribution in [2.75, 3.05) is 5.73 Å². The van der Waals surface area contributed by atoms with Gasteiger partial charge in [-0.2, -0.15) is 0 Å². The SMILES string of the molecule is Nc1nnc([C@H](NC(=O)CC2CCCC2)c2ccccc2)s1. The molecule has 22 heavy (non-hydrogen) atoms. The van der Waals surface area contributed by atoms with Crippen molar-refractivity contribution in [2.45, 2.75) is 38.1 Å². The van der Waals surface area contributed by atoms with Gasteiger partial charge in [-0.3, -0.25) is 4.79 Å². The fraction of sp³-hybridized carbons (Fsp3) is 0.438. The first kappa shape index (κ1) is 15.0. The van der Waals surface area contributed by atoms with Gasteiger partial charge in [0.2, 0.25) is 11.0 Å². The minimum Gasteiger partial charge on any atom is -0.374 e. The van der Waals surface area contributed by atoms with E-state index in [4.69, 9.17) is 5.73 Å². The number of anilines is 1. The van der Waals surface area contributed by atoms with Gasteiger partial charge in [-0.05, 0) is 24.3 Å². The van der Waals surface area contributed by atoms with Crippen LogP contribution in [0, 0.1) is 5.92 Å². The van der Waals surface area contributed by atoms with Gasteiger partial charge in [0.15, 0.2) is 0 Å². The van der Waals surface area contributed by atoms with Gasteiger partial charge in [-0.1, -0.05) is 54.5 Å². The maximum absolute atomic E-state index is 12.4. The first-order valence-electron chi connectivity index (χ1n) is 7.65. The highest BCUT2D eigenvalue weighted by Crippen LogP contribution is 2.29. The number of aromatic nitrogens is 2. The Bertz CT molecular complexity index is 622. The quantitative estimate of drug-likeness (QED) is 0.888. The third-order valence-electron chi connectivity index (χ3n) is 4.09. The molecule has 0 aliphatic heterocycles. The fourth-order valence-corrected chi connectivity index (χ4v) is 3.68. The van der Waals surface area contributed by atoms with Gasteiger partial charge >= 0.3 is 0 Å². The van der Waals surface area contributed by atoms with Crippen LogP contribution >= 0.6 is 11.3 Å². The molecule has 1 aliphatic rings. The summed E-state index contributed by atoms with van der Waals surface area (Å²) in [7, 11) is 0. The van der Waals surface area contributed by atoms with E-state index in [-0.39, 0.29) is 11.9 Å². The number of carbonyl (C=O) groups is 1. The number of carbonyl (C=O) groups excluding carboxylic acids is 1. The van der Waals surface area contributed by atoms with Crippen molar-refractivity contribution >= 4 is 22.4 Å². The average molecular weight is 316 g/mol. The van der Waals surface area contributed by atoms with Crippen molar-refractivity contribution in [2.24, 2.45) is 5.92 Å². The van der Waals surface area contributed by atoms with Crippen LogP contribution in [0.1, 0.15) is 48.7 Å². The van der Waals surface area contributed by atoms with Gasteiger partial charge in [0.05, 0.1) is 0 Å². The minimum atomic E-state index is -0.273. The monoisotopic (exact) mass is 316 g/mol. The number of nitrogens with one attached hydrogen (secondary N) is 1. The summed E-state index contributed by atoms with van der Waals surface area (Å²) in [6.07, 6.45) is 5.40. The van der Waals surface area contributed by atoms with Gasteiger partial charge < -0.3 is 11.1 Å². The molecule has 6 heteroatoms. The molecular formula is C16H20N4OS. The van der Waals surface area contributed by atoms with Crippen LogP contribution in [0.2, 0.25) is 0 Å². The second-order valence-electron chi connectivity index (χ2n) is 5.74. The lowest BCUT2D eigenvalue weighted by Gasteiger charge is -2.18. The zero-order valence-electron chi connectivity index (χ0n) is 12.4. The first-order chi connectivity index (χ1) is 10.7. The molecule has 1 aromatic heterocycles. The Morgan fingerprint density at radius 3 is 2.64 bits per heavy atom. The predicted molar refractivity (Wildman–Crippen MR) is 87.3 cm³/mol. The van der Waals surface area contributed by atoms with E-state index < -0.39 is 0 Å². The van der Waals surface area contributed by atoms with Gasteiger partial charge in [0, 0.05) is 6.42 Å². The molecule has 0 bridgehead atoms. The molecule has 3 rings (SSSR count). The number of hydrogen-bond donors (Lipinski definition) is 2. The van der Waals surface area contributed by atoms with Crippen LogP contribution in [-0.2, 0) is 4.79 Å². The number of nitrogens with zero attached hydrogens (tertiary/aromatic N) is 2. The number of rotatable bonds is 5. The standard InChI is InChI=1S/C16H20N4OS/c17-16-20-19-15(22-16)14(12-8-2-1-3-9-12)18-13(21)10-11-6-4-5-7-11/h1-3,8-9,11,14H,4-7,10H2,(H2,17,20)(H,18,21)/t14-/m1/s1. The van der Waals surface area contributed by atoms with Gasteiger partial charge in [0.25, 0.3) is 0 Å². The molecule has 3 N–H and O–H groups in total. The molecular weight excluding hydrogens is 296 g/mol. The molecule has 2 aromatic rings. The number of amides is 1. The summed E-state index contributed by atoms with van der Waals surface area (Å²) in [4.78, 5) is 12.4. The van der Waals surface area contributed by atoms with E-state index >= 15 is 0 Å². The summed E-state index contributed by atoms with van der Waals surface area (Å²) in [5.41, 5.74) is 6.69. The van der Waals surface area contributed by atoms with E-state index in [2.05, 4.69) is 15.5 Å². The Morgan fingerprint density at radius 2 is 2.00 bits per heavy atom. The Labute approximate surface area is 134 Å². The molecule has 1 aromatic carbocycles. The van der Waals surface area contributed by atoms with Crippen molar-refractivity contribution in [3.63, 3.8) is 0 Å². The average Bonchev–Trinajstić information content (AvgIpc) is 3.17. The highest BCUT2D eigenvalue weighted by molar-refractivity contribution is 7.15. The Hall–Kier alpha value is -1.95. The van der Waals surface area contributed by atoms with Gasteiger partial charge in [-0.15, -0.1) is 10.2 Å². The molecule has 1 heterocycles. The van der Waals surface area contributed by atoms with E-state index in [0.717, 1.165) is 23.4 Å². The van der Waals surface area contributed by atoms with Crippen LogP contribution < -0.4 is 11.1 Å². The largest absolute Gasteiger partial charge is 0.374 e. The van der Waals surface area contributed by atoms with Gasteiger partial charge in [-0.25, -0.2) is 0 Å². The Kier molecular flexibility index (Phi) is 4.68. The molecule has 0 saturated heterocycles. The number of benzene rings is 1. The highest BCUT2D eigenvalue weighted by atomic mass is 32.1. The molecule has 116 valence electrons. The lowest BCUT2D eigenvalue weighted by Crippen LogP contribution is -2.30. The van der Waals surface area contributed by atoms with Gasteiger partial charge in [0.1, 0.15) is 11.0 Å². The van der Waals surface area contributed by atoms with Crippen LogP contribution in [0.4, 0.5) is 5.13 Å². The summed E-state index contributed by atoms with van der Waals surface area (Å²) in [6.45, 7) is 0. The third-order valence-corrected chi connectivity index (χ3v) is 4.91. The van der Waals surface area contributed by atoms with Crippen LogP contribution in [0.15, 0.2) is 30.3 Å². The second-order valence-corrected chi connectivity index (χ2v) is 6.79. The van der Waals surface area contributed by atoms with E-state index in [1.165, 1.54) is 24.2 Å². The molecule has 5 nitrogen and oxygen atoms in total. The number of nitrogens with two attached hydrogens (primary N) is 1. The number of hydrogen-bond acceptors (Lipinski definition) is 5. The van der Waals surface area contributed by atoms with Crippen LogP contribution in [0.3, 0.4) is 0 Å². The van der Waals surface area contributed by atoms with Crippen molar-refractivity contribution in [3.8, 4) is 0 Å². The second kappa shape index (κ2) is 6.87. The van der Waals surface area contributed by atoms with Crippen molar-refractivity contribution in [1.29, 1.82) is 0 Å². The summed E-state index contributed by atoms with van der Waals surface area (Å²) in [6, 6.07) is 9.56. The fourth-order valence-electron chi connectivity index (χ4n) is 2.99. The molecule has 0 spiro atoms. The van der Waals surface area contributed by atoms with Crippen molar-refractivity contribution in [1.82, 2.24) is 15.5 Å². The molecule has 1 amide bonds.